The van der Waals surface area contributed by atoms with Gasteiger partial charge in [0.1, 0.15) is 0 Å². The molecule has 4 aromatic carbocycles. The van der Waals surface area contributed by atoms with E-state index in [1.807, 2.05) is 0 Å². The molecule has 1 heterocycles. The third-order valence-electron chi connectivity index (χ3n) is 4.83. The summed E-state index contributed by atoms with van der Waals surface area (Å²) >= 11 is 0. The van der Waals surface area contributed by atoms with Crippen molar-refractivity contribution in [1.29, 1.82) is 0 Å². The van der Waals surface area contributed by atoms with Gasteiger partial charge in [-0.15, -0.1) is 0 Å². The molecule has 0 aliphatic carbocycles. The van der Waals surface area contributed by atoms with Gasteiger partial charge < -0.3 is 5.32 Å². The maximum absolute atomic E-state index is 3.70. The molecule has 1 aliphatic rings. The van der Waals surface area contributed by atoms with E-state index in [4.69, 9.17) is 0 Å². The lowest BCUT2D eigenvalue weighted by Crippen LogP contribution is -2.11. The third-order valence-corrected chi connectivity index (χ3v) is 6.24. The summed E-state index contributed by atoms with van der Waals surface area (Å²) < 4.78 is 0. The topological polar surface area (TPSA) is 12.0 Å². The van der Waals surface area contributed by atoms with Crippen molar-refractivity contribution in [3.05, 3.63) is 97.1 Å². The van der Waals surface area contributed by atoms with Gasteiger partial charge in [0.05, 0.1) is 0 Å². The average Bonchev–Trinajstić information content (AvgIpc) is 2.70. The molecule has 0 fully saturated rings. The Kier molecular flexibility index (Phi) is 3.81. The zero-order valence-electron chi connectivity index (χ0n) is 14.2. The molecular weight excluding hydrogens is 333 g/mol. The van der Waals surface area contributed by atoms with Crippen molar-refractivity contribution < 1.29 is 0 Å². The highest BCUT2D eigenvalue weighted by molar-refractivity contribution is 7.56. The van der Waals surface area contributed by atoms with Gasteiger partial charge in [0, 0.05) is 22.5 Å². The normalized spacial score (nSPS) is 12.0. The van der Waals surface area contributed by atoms with E-state index >= 15 is 0 Å². The average molecular weight is 351 g/mol. The van der Waals surface area contributed by atoms with E-state index in [0.717, 1.165) is 11.4 Å². The first-order chi connectivity index (χ1) is 12.9. The molecule has 124 valence electrons. The molecule has 0 saturated heterocycles. The Morgan fingerprint density at radius 1 is 0.423 bits per heavy atom. The van der Waals surface area contributed by atoms with Crippen LogP contribution in [-0.4, -0.2) is 0 Å². The summed E-state index contributed by atoms with van der Waals surface area (Å²) in [4.78, 5) is 0. The Bertz CT molecular complexity index is 924. The molecule has 0 atom stereocenters. The van der Waals surface area contributed by atoms with Crippen molar-refractivity contribution in [2.45, 2.75) is 0 Å². The van der Waals surface area contributed by atoms with Crippen molar-refractivity contribution in [1.82, 2.24) is 0 Å². The summed E-state index contributed by atoms with van der Waals surface area (Å²) in [5.74, 6) is 0. The number of para-hydroxylation sites is 2. The van der Waals surface area contributed by atoms with Gasteiger partial charge in [0.2, 0.25) is 0 Å². The molecule has 0 spiro atoms. The summed E-state index contributed by atoms with van der Waals surface area (Å²) in [6, 6.07) is 34.7. The zero-order chi connectivity index (χ0) is 17.3. The van der Waals surface area contributed by atoms with Crippen LogP contribution in [0.1, 0.15) is 0 Å². The van der Waals surface area contributed by atoms with E-state index in [1.165, 1.54) is 32.9 Å². The summed E-state index contributed by atoms with van der Waals surface area (Å²) in [5.41, 5.74) is 7.42. The van der Waals surface area contributed by atoms with Crippen molar-refractivity contribution in [2.75, 3.05) is 5.32 Å². The predicted octanol–water partition coefficient (Wildman–Crippen LogP) is 5.71. The molecular formula is C24H18NP. The largest absolute Gasteiger partial charge is 0.355 e. The molecule has 0 amide bonds. The predicted molar refractivity (Wildman–Crippen MR) is 115 cm³/mol. The lowest BCUT2D eigenvalue weighted by molar-refractivity contribution is 1.53. The molecule has 1 N–H and O–H groups in total. The minimum atomic E-state index is 0.621. The maximum Gasteiger partial charge on any atom is 0.0464 e. The molecule has 5 rings (SSSR count). The number of fused-ring (bicyclic) bond motifs is 6. The number of rotatable bonds is 0. The Labute approximate surface area is 155 Å². The van der Waals surface area contributed by atoms with Crippen LogP contribution in [0.4, 0.5) is 11.4 Å². The van der Waals surface area contributed by atoms with Gasteiger partial charge >= 0.3 is 0 Å². The molecule has 0 aromatic heterocycles. The first kappa shape index (κ1) is 15.4. The van der Waals surface area contributed by atoms with Crippen LogP contribution in [0.5, 0.6) is 0 Å². The van der Waals surface area contributed by atoms with Gasteiger partial charge in [-0.25, -0.2) is 0 Å². The fourth-order valence-corrected chi connectivity index (χ4v) is 4.95. The number of nitrogens with one attached hydrogen (secondary N) is 1. The molecule has 0 saturated carbocycles. The molecule has 4 aromatic rings. The van der Waals surface area contributed by atoms with E-state index in [1.54, 1.807) is 0 Å². The van der Waals surface area contributed by atoms with E-state index in [0.29, 0.717) is 8.58 Å². The van der Waals surface area contributed by atoms with Gasteiger partial charge in [-0.05, 0) is 33.9 Å². The van der Waals surface area contributed by atoms with Crippen LogP contribution in [0.2, 0.25) is 0 Å². The maximum atomic E-state index is 3.70. The van der Waals surface area contributed by atoms with Crippen LogP contribution < -0.4 is 15.9 Å². The minimum absolute atomic E-state index is 0.621. The lowest BCUT2D eigenvalue weighted by atomic mass is 10.0. The van der Waals surface area contributed by atoms with Crippen LogP contribution in [0.15, 0.2) is 97.1 Å². The number of anilines is 2. The number of hydrogen-bond donors (Lipinski definition) is 1. The molecule has 1 aliphatic heterocycles. The molecule has 0 unspecified atom stereocenters. The van der Waals surface area contributed by atoms with Crippen molar-refractivity contribution in [2.24, 2.45) is 0 Å². The van der Waals surface area contributed by atoms with Crippen LogP contribution in [0, 0.1) is 0 Å². The van der Waals surface area contributed by atoms with E-state index in [9.17, 15) is 0 Å². The van der Waals surface area contributed by atoms with E-state index in [2.05, 4.69) is 102 Å². The Hall–Kier alpha value is -2.89. The minimum Gasteiger partial charge on any atom is -0.355 e. The second-order valence-corrected chi connectivity index (χ2v) is 7.76. The summed E-state index contributed by atoms with van der Waals surface area (Å²) in [5, 5.41) is 6.46. The fourth-order valence-electron chi connectivity index (χ4n) is 3.60. The van der Waals surface area contributed by atoms with Crippen LogP contribution in [-0.2, 0) is 0 Å². The quantitative estimate of drug-likeness (QED) is 0.353. The van der Waals surface area contributed by atoms with Crippen LogP contribution in [0.25, 0.3) is 22.3 Å². The van der Waals surface area contributed by atoms with Gasteiger partial charge in [-0.2, -0.15) is 0 Å². The molecule has 0 bridgehead atoms. The summed E-state index contributed by atoms with van der Waals surface area (Å²) in [6.45, 7) is 0. The van der Waals surface area contributed by atoms with E-state index < -0.39 is 0 Å². The lowest BCUT2D eigenvalue weighted by Gasteiger charge is -2.21. The van der Waals surface area contributed by atoms with Crippen molar-refractivity contribution in [3.8, 4) is 22.3 Å². The highest BCUT2D eigenvalue weighted by Crippen LogP contribution is 2.38. The number of benzene rings is 4. The monoisotopic (exact) mass is 351 g/mol. The van der Waals surface area contributed by atoms with Crippen LogP contribution >= 0.6 is 8.58 Å². The molecule has 2 heteroatoms. The zero-order valence-corrected chi connectivity index (χ0v) is 15.2. The van der Waals surface area contributed by atoms with Crippen molar-refractivity contribution in [3.63, 3.8) is 0 Å². The molecule has 26 heavy (non-hydrogen) atoms. The van der Waals surface area contributed by atoms with Crippen molar-refractivity contribution >= 4 is 30.6 Å². The Balaban J connectivity index is 1.84. The first-order valence-electron chi connectivity index (χ1n) is 8.81. The van der Waals surface area contributed by atoms with Gasteiger partial charge in [-0.3, -0.25) is 0 Å². The highest BCUT2D eigenvalue weighted by atomic mass is 31.1. The Morgan fingerprint density at radius 2 is 0.808 bits per heavy atom. The second-order valence-electron chi connectivity index (χ2n) is 6.43. The summed E-state index contributed by atoms with van der Waals surface area (Å²) in [7, 11) is 0.621. The standard InChI is InChI=1S/C24H18NP/c1-5-13-21-17(9-1)19-11-3-7-15-23(19)26-24-16-8-4-12-20(24)18-10-2-6-14-22(18)25-21/h1-16,25-26H. The van der Waals surface area contributed by atoms with Gasteiger partial charge in [0.25, 0.3) is 0 Å². The van der Waals surface area contributed by atoms with Gasteiger partial charge in [-0.1, -0.05) is 93.5 Å². The van der Waals surface area contributed by atoms with Gasteiger partial charge in [0.15, 0.2) is 0 Å². The first-order valence-corrected chi connectivity index (χ1v) is 9.81. The highest BCUT2D eigenvalue weighted by Gasteiger charge is 2.16. The smallest absolute Gasteiger partial charge is 0.0464 e. The Morgan fingerprint density at radius 3 is 1.31 bits per heavy atom. The molecule has 0 radical (unpaired) electrons. The molecule has 1 nitrogen and oxygen atoms in total. The van der Waals surface area contributed by atoms with E-state index in [-0.39, 0.29) is 0 Å². The SMILES string of the molecule is c1ccc2c(c1)Nc1ccccc1-c1ccccc1Pc1ccccc1-2. The summed E-state index contributed by atoms with van der Waals surface area (Å²) in [6.07, 6.45) is 0. The fraction of sp³-hybridized carbons (Fsp3) is 0. The third kappa shape index (κ3) is 2.62. The second kappa shape index (κ2) is 6.44. The number of hydrogen-bond acceptors (Lipinski definition) is 1. The van der Waals surface area contributed by atoms with Crippen LogP contribution in [0.3, 0.4) is 0 Å².